The Morgan fingerprint density at radius 2 is 1.85 bits per heavy atom. The lowest BCUT2D eigenvalue weighted by molar-refractivity contribution is -0.154. The molecule has 0 saturated heterocycles. The van der Waals surface area contributed by atoms with E-state index >= 15 is 0 Å². The molecule has 0 unspecified atom stereocenters. The number of fused-ring (bicyclic) bond motifs is 1. The lowest BCUT2D eigenvalue weighted by Gasteiger charge is -2.35. The minimum Gasteiger partial charge on any atom is -0.484 e. The molecule has 26 heavy (non-hydrogen) atoms. The van der Waals surface area contributed by atoms with Crippen molar-refractivity contribution in [3.63, 3.8) is 0 Å². The summed E-state index contributed by atoms with van der Waals surface area (Å²) in [5.41, 5.74) is 2.05. The number of esters is 1. The van der Waals surface area contributed by atoms with Crippen LogP contribution >= 0.6 is 23.2 Å². The van der Waals surface area contributed by atoms with Crippen LogP contribution in [0.4, 0.5) is 0 Å². The third-order valence-corrected chi connectivity index (χ3v) is 5.03. The van der Waals surface area contributed by atoms with Gasteiger partial charge in [-0.05, 0) is 23.3 Å². The maximum atomic E-state index is 12.7. The van der Waals surface area contributed by atoms with Crippen molar-refractivity contribution in [3.8, 4) is 5.75 Å². The van der Waals surface area contributed by atoms with E-state index in [0.717, 1.165) is 11.1 Å². The van der Waals surface area contributed by atoms with E-state index in [0.29, 0.717) is 28.8 Å². The smallest absolute Gasteiger partial charge is 0.328 e. The van der Waals surface area contributed by atoms with Crippen molar-refractivity contribution in [2.75, 3.05) is 13.7 Å². The lowest BCUT2D eigenvalue weighted by Crippen LogP contribution is -2.50. The van der Waals surface area contributed by atoms with Gasteiger partial charge in [0.15, 0.2) is 6.61 Å². The lowest BCUT2D eigenvalue weighted by atomic mass is 9.94. The Morgan fingerprint density at radius 3 is 2.54 bits per heavy atom. The van der Waals surface area contributed by atoms with E-state index in [9.17, 15) is 9.59 Å². The van der Waals surface area contributed by atoms with E-state index in [-0.39, 0.29) is 12.5 Å². The van der Waals surface area contributed by atoms with Crippen LogP contribution in [-0.2, 0) is 27.3 Å². The van der Waals surface area contributed by atoms with Crippen molar-refractivity contribution in [3.05, 3.63) is 63.6 Å². The average molecular weight is 394 g/mol. The van der Waals surface area contributed by atoms with Crippen LogP contribution in [0.5, 0.6) is 5.75 Å². The molecule has 1 aliphatic rings. The van der Waals surface area contributed by atoms with Gasteiger partial charge in [-0.1, -0.05) is 47.5 Å². The van der Waals surface area contributed by atoms with Gasteiger partial charge in [0.05, 0.1) is 17.2 Å². The zero-order valence-electron chi connectivity index (χ0n) is 14.1. The first-order valence-corrected chi connectivity index (χ1v) is 8.77. The van der Waals surface area contributed by atoms with E-state index in [1.54, 1.807) is 18.2 Å². The predicted octanol–water partition coefficient (Wildman–Crippen LogP) is 3.50. The Morgan fingerprint density at radius 1 is 1.12 bits per heavy atom. The first-order chi connectivity index (χ1) is 12.5. The van der Waals surface area contributed by atoms with Crippen molar-refractivity contribution in [2.24, 2.45) is 0 Å². The van der Waals surface area contributed by atoms with Crippen LogP contribution in [0.1, 0.15) is 11.1 Å². The fourth-order valence-electron chi connectivity index (χ4n) is 2.93. The quantitative estimate of drug-likeness (QED) is 0.745. The summed E-state index contributed by atoms with van der Waals surface area (Å²) in [7, 11) is 1.32. The minimum atomic E-state index is -0.667. The molecule has 0 spiro atoms. The molecular weight excluding hydrogens is 377 g/mol. The molecule has 7 heteroatoms. The minimum absolute atomic E-state index is 0.215. The molecule has 0 saturated carbocycles. The summed E-state index contributed by atoms with van der Waals surface area (Å²) < 4.78 is 10.4. The van der Waals surface area contributed by atoms with E-state index < -0.39 is 12.0 Å². The molecule has 0 aromatic heterocycles. The van der Waals surface area contributed by atoms with Gasteiger partial charge >= 0.3 is 5.97 Å². The number of benzene rings is 2. The third kappa shape index (κ3) is 3.94. The second-order valence-electron chi connectivity index (χ2n) is 5.90. The molecule has 0 radical (unpaired) electrons. The number of methoxy groups -OCH3 is 1. The first kappa shape index (κ1) is 18.5. The molecule has 2 aromatic carbocycles. The highest BCUT2D eigenvalue weighted by Crippen LogP contribution is 2.27. The van der Waals surface area contributed by atoms with E-state index in [1.165, 1.54) is 12.0 Å². The van der Waals surface area contributed by atoms with Crippen LogP contribution in [-0.4, -0.2) is 36.5 Å². The van der Waals surface area contributed by atoms with E-state index in [2.05, 4.69) is 0 Å². The normalized spacial score (nSPS) is 16.0. The van der Waals surface area contributed by atoms with Gasteiger partial charge in [0, 0.05) is 19.0 Å². The highest BCUT2D eigenvalue weighted by atomic mass is 35.5. The summed E-state index contributed by atoms with van der Waals surface area (Å²) in [6.45, 7) is 0.118. The zero-order valence-corrected chi connectivity index (χ0v) is 15.6. The average Bonchev–Trinajstić information content (AvgIpc) is 2.67. The molecule has 0 fully saturated rings. The molecular formula is C19H17Cl2NO4. The van der Waals surface area contributed by atoms with Crippen molar-refractivity contribution < 1.29 is 19.1 Å². The number of hydrogen-bond donors (Lipinski definition) is 0. The highest BCUT2D eigenvalue weighted by molar-refractivity contribution is 6.42. The molecule has 1 heterocycles. The molecule has 1 aliphatic heterocycles. The summed E-state index contributed by atoms with van der Waals surface area (Å²) in [6, 6.07) is 11.8. The number of rotatable bonds is 4. The van der Waals surface area contributed by atoms with E-state index in [1.807, 2.05) is 24.3 Å². The van der Waals surface area contributed by atoms with Crippen molar-refractivity contribution in [2.45, 2.75) is 19.0 Å². The van der Waals surface area contributed by atoms with Crippen LogP contribution in [0.15, 0.2) is 42.5 Å². The van der Waals surface area contributed by atoms with Gasteiger partial charge in [-0.25, -0.2) is 4.79 Å². The summed E-state index contributed by atoms with van der Waals surface area (Å²) in [5, 5.41) is 0.750. The van der Waals surface area contributed by atoms with Gasteiger partial charge in [0.2, 0.25) is 0 Å². The SMILES string of the molecule is COC(=O)[C@@H]1Cc2ccccc2CN1C(=O)COc1ccc(Cl)c(Cl)c1. The molecule has 2 aromatic rings. The van der Waals surface area contributed by atoms with Crippen LogP contribution < -0.4 is 4.74 Å². The number of nitrogens with zero attached hydrogens (tertiary/aromatic N) is 1. The molecule has 0 N–H and O–H groups in total. The molecule has 5 nitrogen and oxygen atoms in total. The van der Waals surface area contributed by atoms with Crippen molar-refractivity contribution in [1.29, 1.82) is 0 Å². The zero-order chi connectivity index (χ0) is 18.7. The third-order valence-electron chi connectivity index (χ3n) is 4.30. The maximum absolute atomic E-state index is 12.7. The Balaban J connectivity index is 1.75. The van der Waals surface area contributed by atoms with Gasteiger partial charge in [-0.2, -0.15) is 0 Å². The van der Waals surface area contributed by atoms with Crippen LogP contribution in [0.25, 0.3) is 0 Å². The fraction of sp³-hybridized carbons (Fsp3) is 0.263. The number of hydrogen-bond acceptors (Lipinski definition) is 4. The Kier molecular flexibility index (Phi) is 5.69. The van der Waals surface area contributed by atoms with Crippen molar-refractivity contribution in [1.82, 2.24) is 4.90 Å². The Hall–Kier alpha value is -2.24. The maximum Gasteiger partial charge on any atom is 0.328 e. The van der Waals surface area contributed by atoms with Crippen LogP contribution in [0, 0.1) is 0 Å². The Bertz CT molecular complexity index is 840. The standard InChI is InChI=1S/C19H17Cl2NO4/c1-25-19(24)17-8-12-4-2-3-5-13(12)10-22(17)18(23)11-26-14-6-7-15(20)16(21)9-14/h2-7,9,17H,8,10-11H2,1H3/t17-/m0/s1. The van der Waals surface area contributed by atoms with Gasteiger partial charge in [0.1, 0.15) is 11.8 Å². The van der Waals surface area contributed by atoms with Crippen LogP contribution in [0.2, 0.25) is 10.0 Å². The second-order valence-corrected chi connectivity index (χ2v) is 6.71. The van der Waals surface area contributed by atoms with Gasteiger partial charge in [-0.3, -0.25) is 4.79 Å². The highest BCUT2D eigenvalue weighted by Gasteiger charge is 2.35. The summed E-state index contributed by atoms with van der Waals surface area (Å²) >= 11 is 11.8. The van der Waals surface area contributed by atoms with Gasteiger partial charge in [-0.15, -0.1) is 0 Å². The number of ether oxygens (including phenoxy) is 2. The number of halogens is 2. The molecule has 1 amide bonds. The number of carbonyl (C=O) groups is 2. The largest absolute Gasteiger partial charge is 0.484 e. The molecule has 1 atom stereocenters. The molecule has 136 valence electrons. The number of amides is 1. The van der Waals surface area contributed by atoms with Crippen molar-refractivity contribution >= 4 is 35.1 Å². The molecule has 0 bridgehead atoms. The van der Waals surface area contributed by atoms with Gasteiger partial charge in [0.25, 0.3) is 5.91 Å². The summed E-state index contributed by atoms with van der Waals surface area (Å²) in [6.07, 6.45) is 0.418. The van der Waals surface area contributed by atoms with Gasteiger partial charge < -0.3 is 14.4 Å². The van der Waals surface area contributed by atoms with E-state index in [4.69, 9.17) is 32.7 Å². The summed E-state index contributed by atoms with van der Waals surface area (Å²) in [4.78, 5) is 26.3. The topological polar surface area (TPSA) is 55.8 Å². The fourth-order valence-corrected chi connectivity index (χ4v) is 3.21. The second kappa shape index (κ2) is 7.98. The summed E-state index contributed by atoms with van der Waals surface area (Å²) in [5.74, 6) is -0.317. The Labute approximate surface area is 161 Å². The predicted molar refractivity (Wildman–Crippen MR) is 98.5 cm³/mol. The first-order valence-electron chi connectivity index (χ1n) is 8.01. The number of carbonyl (C=O) groups excluding carboxylic acids is 2. The molecule has 0 aliphatic carbocycles. The molecule has 3 rings (SSSR count). The van der Waals surface area contributed by atoms with Crippen LogP contribution in [0.3, 0.4) is 0 Å². The monoisotopic (exact) mass is 393 g/mol.